The summed E-state index contributed by atoms with van der Waals surface area (Å²) in [4.78, 5) is 38.7. The van der Waals surface area contributed by atoms with Gasteiger partial charge in [0.05, 0.1) is 5.69 Å². The number of carboxylic acid groups (broad SMARTS) is 1. The minimum atomic E-state index is -0.945. The van der Waals surface area contributed by atoms with Crippen LogP contribution >= 0.6 is 0 Å². The summed E-state index contributed by atoms with van der Waals surface area (Å²) in [5.41, 5.74) is 4.00. The molecular formula is C27H28N2O4. The van der Waals surface area contributed by atoms with E-state index in [4.69, 9.17) is 0 Å². The molecule has 33 heavy (non-hydrogen) atoms. The van der Waals surface area contributed by atoms with Crippen LogP contribution in [0.3, 0.4) is 0 Å². The van der Waals surface area contributed by atoms with Crippen molar-refractivity contribution < 1.29 is 19.5 Å². The summed E-state index contributed by atoms with van der Waals surface area (Å²) in [5, 5.41) is 9.37. The van der Waals surface area contributed by atoms with Crippen molar-refractivity contribution in [1.82, 2.24) is 9.47 Å². The van der Waals surface area contributed by atoms with Gasteiger partial charge in [-0.1, -0.05) is 42.0 Å². The van der Waals surface area contributed by atoms with Crippen LogP contribution < -0.4 is 0 Å². The summed E-state index contributed by atoms with van der Waals surface area (Å²) < 4.78 is 1.97. The minimum absolute atomic E-state index is 0.00573. The first kappa shape index (κ1) is 22.5. The number of aliphatic carboxylic acids is 1. The van der Waals surface area contributed by atoms with Crippen molar-refractivity contribution in [2.24, 2.45) is 0 Å². The maximum Gasteiger partial charge on any atom is 0.326 e. The molecule has 0 saturated carbocycles. The van der Waals surface area contributed by atoms with Gasteiger partial charge in [0.15, 0.2) is 0 Å². The zero-order valence-corrected chi connectivity index (χ0v) is 18.7. The Bertz CT molecular complexity index is 1160. The van der Waals surface area contributed by atoms with Gasteiger partial charge in [-0.15, -0.1) is 0 Å². The number of aromatic nitrogens is 1. The lowest BCUT2D eigenvalue weighted by Crippen LogP contribution is -2.40. The summed E-state index contributed by atoms with van der Waals surface area (Å²) >= 11 is 0. The first-order valence-electron chi connectivity index (χ1n) is 11.3. The molecule has 3 aromatic rings. The van der Waals surface area contributed by atoms with E-state index in [2.05, 4.69) is 0 Å². The van der Waals surface area contributed by atoms with E-state index in [1.54, 1.807) is 6.07 Å². The third-order valence-corrected chi connectivity index (χ3v) is 6.21. The number of nitrogens with zero attached hydrogens (tertiary/aromatic N) is 2. The summed E-state index contributed by atoms with van der Waals surface area (Å²) in [5.74, 6) is -1.16. The number of amides is 1. The van der Waals surface area contributed by atoms with Crippen molar-refractivity contribution in [3.63, 3.8) is 0 Å². The average molecular weight is 445 g/mol. The number of carboxylic acids is 1. The van der Waals surface area contributed by atoms with Crippen molar-refractivity contribution in [3.8, 4) is 0 Å². The van der Waals surface area contributed by atoms with E-state index in [0.717, 1.165) is 24.0 Å². The molecule has 170 valence electrons. The van der Waals surface area contributed by atoms with Crippen LogP contribution in [0.5, 0.6) is 0 Å². The molecule has 0 unspecified atom stereocenters. The Labute approximate surface area is 193 Å². The Hall–Kier alpha value is -3.67. The van der Waals surface area contributed by atoms with Crippen molar-refractivity contribution in [2.75, 3.05) is 6.54 Å². The van der Waals surface area contributed by atoms with Crippen LogP contribution in [-0.2, 0) is 17.8 Å². The molecule has 6 nitrogen and oxygen atoms in total. The van der Waals surface area contributed by atoms with Crippen LogP contribution in [0, 0.1) is 6.92 Å². The van der Waals surface area contributed by atoms with Crippen molar-refractivity contribution in [2.45, 2.75) is 45.2 Å². The van der Waals surface area contributed by atoms with E-state index in [-0.39, 0.29) is 11.7 Å². The number of aryl methyl sites for hydroxylation is 3. The summed E-state index contributed by atoms with van der Waals surface area (Å²) in [6.45, 7) is 3.16. The molecule has 4 rings (SSSR count). The fourth-order valence-corrected chi connectivity index (χ4v) is 4.41. The molecule has 2 aromatic carbocycles. The molecule has 1 N–H and O–H groups in total. The fraction of sp³-hybridized carbons (Fsp3) is 0.296. The molecule has 0 spiro atoms. The third-order valence-electron chi connectivity index (χ3n) is 6.21. The molecule has 0 radical (unpaired) electrons. The van der Waals surface area contributed by atoms with Gasteiger partial charge in [0.2, 0.25) is 5.78 Å². The Morgan fingerprint density at radius 1 is 1.00 bits per heavy atom. The van der Waals surface area contributed by atoms with Crippen LogP contribution in [0.25, 0.3) is 0 Å². The highest BCUT2D eigenvalue weighted by Gasteiger charge is 2.34. The summed E-state index contributed by atoms with van der Waals surface area (Å²) in [7, 11) is 0. The maximum atomic E-state index is 12.9. The van der Waals surface area contributed by atoms with E-state index in [0.29, 0.717) is 42.8 Å². The highest BCUT2D eigenvalue weighted by Crippen LogP contribution is 2.21. The third kappa shape index (κ3) is 5.06. The molecule has 0 bridgehead atoms. The van der Waals surface area contributed by atoms with Gasteiger partial charge in [0.1, 0.15) is 6.04 Å². The first-order chi connectivity index (χ1) is 15.9. The summed E-state index contributed by atoms with van der Waals surface area (Å²) in [6.07, 6.45) is 4.69. The molecule has 0 aliphatic carbocycles. The minimum Gasteiger partial charge on any atom is -0.480 e. The van der Waals surface area contributed by atoms with Gasteiger partial charge in [-0.2, -0.15) is 0 Å². The second-order valence-electron chi connectivity index (χ2n) is 8.58. The SMILES string of the molecule is Cc1ccc(C(=O)c2cccn2CCCc2cccc(C(=O)N3CCC[C@@H]3C(=O)O)c2)cc1. The Morgan fingerprint density at radius 3 is 2.55 bits per heavy atom. The smallest absolute Gasteiger partial charge is 0.326 e. The Kier molecular flexibility index (Phi) is 6.73. The van der Waals surface area contributed by atoms with Crippen LogP contribution in [0.2, 0.25) is 0 Å². The van der Waals surface area contributed by atoms with Gasteiger partial charge >= 0.3 is 5.97 Å². The van der Waals surface area contributed by atoms with Crippen molar-refractivity contribution in [3.05, 3.63) is 94.8 Å². The van der Waals surface area contributed by atoms with Gasteiger partial charge in [-0.05, 0) is 62.4 Å². The number of carbonyl (C=O) groups excluding carboxylic acids is 2. The lowest BCUT2D eigenvalue weighted by atomic mass is 10.0. The van der Waals surface area contributed by atoms with Gasteiger partial charge in [0, 0.05) is 30.4 Å². The lowest BCUT2D eigenvalue weighted by Gasteiger charge is -2.21. The summed E-state index contributed by atoms with van der Waals surface area (Å²) in [6, 6.07) is 18.0. The van der Waals surface area contributed by atoms with E-state index >= 15 is 0 Å². The van der Waals surface area contributed by atoms with E-state index in [1.165, 1.54) is 4.90 Å². The molecule has 2 heterocycles. The number of ketones is 1. The largest absolute Gasteiger partial charge is 0.480 e. The number of hydrogen-bond acceptors (Lipinski definition) is 3. The highest BCUT2D eigenvalue weighted by atomic mass is 16.4. The topological polar surface area (TPSA) is 79.6 Å². The Balaban J connectivity index is 1.39. The van der Waals surface area contributed by atoms with Crippen molar-refractivity contribution >= 4 is 17.7 Å². The molecule has 1 aliphatic rings. The highest BCUT2D eigenvalue weighted by molar-refractivity contribution is 6.08. The van der Waals surface area contributed by atoms with Gasteiger partial charge in [-0.3, -0.25) is 9.59 Å². The number of hydrogen-bond donors (Lipinski definition) is 1. The maximum absolute atomic E-state index is 12.9. The molecule has 1 saturated heterocycles. The second-order valence-corrected chi connectivity index (χ2v) is 8.58. The molecule has 1 fully saturated rings. The Morgan fingerprint density at radius 2 is 1.79 bits per heavy atom. The number of benzene rings is 2. The van der Waals surface area contributed by atoms with Crippen LogP contribution in [0.1, 0.15) is 56.8 Å². The van der Waals surface area contributed by atoms with Crippen LogP contribution in [0.4, 0.5) is 0 Å². The van der Waals surface area contributed by atoms with Gasteiger partial charge < -0.3 is 14.6 Å². The van der Waals surface area contributed by atoms with Crippen LogP contribution in [-0.4, -0.2) is 44.8 Å². The predicted molar refractivity (Wildman–Crippen MR) is 126 cm³/mol. The molecule has 6 heteroatoms. The zero-order chi connectivity index (χ0) is 23.4. The van der Waals surface area contributed by atoms with E-state index < -0.39 is 12.0 Å². The molecule has 1 aromatic heterocycles. The van der Waals surface area contributed by atoms with Gasteiger partial charge in [0.25, 0.3) is 5.91 Å². The second kappa shape index (κ2) is 9.86. The molecular weight excluding hydrogens is 416 g/mol. The predicted octanol–water partition coefficient (Wildman–Crippen LogP) is 4.35. The van der Waals surface area contributed by atoms with Crippen molar-refractivity contribution in [1.29, 1.82) is 0 Å². The van der Waals surface area contributed by atoms with Crippen LogP contribution in [0.15, 0.2) is 66.9 Å². The number of likely N-dealkylation sites (tertiary alicyclic amines) is 1. The fourth-order valence-electron chi connectivity index (χ4n) is 4.41. The van der Waals surface area contributed by atoms with E-state index in [9.17, 15) is 19.5 Å². The standard InChI is InChI=1S/C27H28N2O4/c1-19-11-13-21(14-12-19)25(30)23-9-4-16-28(23)15-3-7-20-6-2-8-22(18-20)26(31)29-17-5-10-24(29)27(32)33/h2,4,6,8-9,11-14,16,18,24H,3,5,7,10,15,17H2,1H3,(H,32,33)/t24-/m1/s1. The number of rotatable bonds is 8. The zero-order valence-electron chi connectivity index (χ0n) is 18.7. The number of carbonyl (C=O) groups is 3. The monoisotopic (exact) mass is 444 g/mol. The first-order valence-corrected chi connectivity index (χ1v) is 11.3. The quantitative estimate of drug-likeness (QED) is 0.524. The normalized spacial score (nSPS) is 15.5. The lowest BCUT2D eigenvalue weighted by molar-refractivity contribution is -0.141. The molecule has 1 aliphatic heterocycles. The average Bonchev–Trinajstić information content (AvgIpc) is 3.49. The molecule has 1 amide bonds. The molecule has 1 atom stereocenters. The van der Waals surface area contributed by atoms with E-state index in [1.807, 2.05) is 72.3 Å². The van der Waals surface area contributed by atoms with Gasteiger partial charge in [-0.25, -0.2) is 4.79 Å².